The molecular formula is C12H24N4S. The van der Waals surface area contributed by atoms with Gasteiger partial charge in [-0.1, -0.05) is 20.8 Å². The number of aromatic nitrogens is 3. The van der Waals surface area contributed by atoms with E-state index in [1.165, 1.54) is 6.42 Å². The predicted molar refractivity (Wildman–Crippen MR) is 74.2 cm³/mol. The predicted octanol–water partition coefficient (Wildman–Crippen LogP) is 2.17. The monoisotopic (exact) mass is 256 g/mol. The molecule has 1 aromatic rings. The smallest absolute Gasteiger partial charge is 0.140 e. The maximum Gasteiger partial charge on any atom is 0.140 e. The molecule has 1 N–H and O–H groups in total. The van der Waals surface area contributed by atoms with E-state index in [1.807, 2.05) is 16.4 Å². The van der Waals surface area contributed by atoms with Gasteiger partial charge in [0.05, 0.1) is 6.54 Å². The van der Waals surface area contributed by atoms with E-state index in [4.69, 9.17) is 0 Å². The van der Waals surface area contributed by atoms with Crippen LogP contribution < -0.4 is 5.32 Å². The zero-order valence-electron chi connectivity index (χ0n) is 11.3. The van der Waals surface area contributed by atoms with Gasteiger partial charge in [-0.3, -0.25) is 0 Å². The normalized spacial score (nSPS) is 13.2. The first-order valence-corrected chi connectivity index (χ1v) is 7.52. The van der Waals surface area contributed by atoms with Crippen LogP contribution in [0.15, 0.2) is 6.33 Å². The molecule has 5 heteroatoms. The van der Waals surface area contributed by atoms with Crippen LogP contribution in [0.4, 0.5) is 0 Å². The molecule has 1 rings (SSSR count). The topological polar surface area (TPSA) is 42.7 Å². The SMILES string of the molecule is CSC(C)CCNCc1ncnn1CC(C)C. The third-order valence-electron chi connectivity index (χ3n) is 2.65. The Labute approximate surface area is 109 Å². The maximum absolute atomic E-state index is 4.29. The van der Waals surface area contributed by atoms with Crippen molar-refractivity contribution in [1.29, 1.82) is 0 Å². The van der Waals surface area contributed by atoms with Gasteiger partial charge in [0.1, 0.15) is 12.2 Å². The average molecular weight is 256 g/mol. The minimum Gasteiger partial charge on any atom is -0.310 e. The first-order chi connectivity index (χ1) is 8.13. The summed E-state index contributed by atoms with van der Waals surface area (Å²) in [5, 5.41) is 8.40. The maximum atomic E-state index is 4.29. The van der Waals surface area contributed by atoms with E-state index >= 15 is 0 Å². The van der Waals surface area contributed by atoms with Crippen LogP contribution in [-0.2, 0) is 13.1 Å². The van der Waals surface area contributed by atoms with Gasteiger partial charge in [0.2, 0.25) is 0 Å². The minimum atomic E-state index is 0.604. The highest BCUT2D eigenvalue weighted by Crippen LogP contribution is 2.08. The summed E-state index contributed by atoms with van der Waals surface area (Å²) < 4.78 is 2.00. The van der Waals surface area contributed by atoms with Crippen LogP contribution in [0, 0.1) is 5.92 Å². The van der Waals surface area contributed by atoms with E-state index in [9.17, 15) is 0 Å². The number of hydrogen-bond acceptors (Lipinski definition) is 4. The summed E-state index contributed by atoms with van der Waals surface area (Å²) in [7, 11) is 0. The number of nitrogens with zero attached hydrogens (tertiary/aromatic N) is 3. The molecule has 1 aromatic heterocycles. The lowest BCUT2D eigenvalue weighted by atomic mass is 10.2. The van der Waals surface area contributed by atoms with Crippen LogP contribution in [-0.4, -0.2) is 32.8 Å². The largest absolute Gasteiger partial charge is 0.310 e. The van der Waals surface area contributed by atoms with E-state index in [0.29, 0.717) is 5.92 Å². The van der Waals surface area contributed by atoms with E-state index in [-0.39, 0.29) is 0 Å². The van der Waals surface area contributed by atoms with Crippen molar-refractivity contribution in [1.82, 2.24) is 20.1 Å². The van der Waals surface area contributed by atoms with Crippen molar-refractivity contribution in [2.45, 2.75) is 45.5 Å². The third-order valence-corrected chi connectivity index (χ3v) is 3.69. The fraction of sp³-hybridized carbons (Fsp3) is 0.833. The number of nitrogens with one attached hydrogen (secondary N) is 1. The molecule has 0 aliphatic heterocycles. The fourth-order valence-electron chi connectivity index (χ4n) is 1.55. The van der Waals surface area contributed by atoms with Gasteiger partial charge in [-0.05, 0) is 25.1 Å². The van der Waals surface area contributed by atoms with Crippen molar-refractivity contribution in [2.24, 2.45) is 5.92 Å². The number of rotatable bonds is 8. The molecule has 1 atom stereocenters. The first-order valence-electron chi connectivity index (χ1n) is 6.23. The Morgan fingerprint density at radius 1 is 1.41 bits per heavy atom. The second-order valence-electron chi connectivity index (χ2n) is 4.76. The molecule has 0 amide bonds. The van der Waals surface area contributed by atoms with Crippen LogP contribution >= 0.6 is 11.8 Å². The quantitative estimate of drug-likeness (QED) is 0.724. The number of thioether (sulfide) groups is 1. The third kappa shape index (κ3) is 5.55. The van der Waals surface area contributed by atoms with Crippen molar-refractivity contribution in [3.63, 3.8) is 0 Å². The number of hydrogen-bond donors (Lipinski definition) is 1. The summed E-state index contributed by atoms with van der Waals surface area (Å²) in [6.45, 7) is 9.44. The molecule has 4 nitrogen and oxygen atoms in total. The lowest BCUT2D eigenvalue weighted by Crippen LogP contribution is -2.21. The van der Waals surface area contributed by atoms with Gasteiger partial charge in [-0.25, -0.2) is 9.67 Å². The summed E-state index contributed by atoms with van der Waals surface area (Å²) in [4.78, 5) is 4.29. The summed E-state index contributed by atoms with van der Waals surface area (Å²) in [6.07, 6.45) is 4.99. The van der Waals surface area contributed by atoms with Crippen LogP contribution in [0.3, 0.4) is 0 Å². The summed E-state index contributed by atoms with van der Waals surface area (Å²) >= 11 is 1.91. The van der Waals surface area contributed by atoms with Gasteiger partial charge in [-0.2, -0.15) is 16.9 Å². The van der Waals surface area contributed by atoms with Crippen LogP contribution in [0.1, 0.15) is 33.0 Å². The highest BCUT2D eigenvalue weighted by Gasteiger charge is 2.05. The van der Waals surface area contributed by atoms with E-state index in [0.717, 1.165) is 30.7 Å². The zero-order chi connectivity index (χ0) is 12.7. The molecule has 0 aliphatic rings. The van der Waals surface area contributed by atoms with Crippen molar-refractivity contribution >= 4 is 11.8 Å². The highest BCUT2D eigenvalue weighted by molar-refractivity contribution is 7.99. The molecule has 98 valence electrons. The van der Waals surface area contributed by atoms with E-state index in [1.54, 1.807) is 6.33 Å². The Balaban J connectivity index is 2.29. The summed E-state index contributed by atoms with van der Waals surface area (Å²) in [5.74, 6) is 1.64. The molecule has 1 heterocycles. The lowest BCUT2D eigenvalue weighted by molar-refractivity contribution is 0.457. The van der Waals surface area contributed by atoms with Gasteiger partial charge in [0.25, 0.3) is 0 Å². The summed E-state index contributed by atoms with van der Waals surface area (Å²) in [5.41, 5.74) is 0. The lowest BCUT2D eigenvalue weighted by Gasteiger charge is -2.10. The van der Waals surface area contributed by atoms with Crippen molar-refractivity contribution in [2.75, 3.05) is 12.8 Å². The van der Waals surface area contributed by atoms with Crippen LogP contribution in [0.2, 0.25) is 0 Å². The van der Waals surface area contributed by atoms with Crippen LogP contribution in [0.5, 0.6) is 0 Å². The molecule has 0 saturated heterocycles. The van der Waals surface area contributed by atoms with Gasteiger partial charge < -0.3 is 5.32 Å². The van der Waals surface area contributed by atoms with E-state index < -0.39 is 0 Å². The zero-order valence-corrected chi connectivity index (χ0v) is 12.1. The van der Waals surface area contributed by atoms with Crippen molar-refractivity contribution < 1.29 is 0 Å². The van der Waals surface area contributed by atoms with Crippen molar-refractivity contribution in [3.05, 3.63) is 12.2 Å². The molecule has 17 heavy (non-hydrogen) atoms. The van der Waals surface area contributed by atoms with Crippen molar-refractivity contribution in [3.8, 4) is 0 Å². The Morgan fingerprint density at radius 2 is 2.18 bits per heavy atom. The molecule has 0 bridgehead atoms. The molecule has 1 unspecified atom stereocenters. The Morgan fingerprint density at radius 3 is 2.82 bits per heavy atom. The minimum absolute atomic E-state index is 0.604. The van der Waals surface area contributed by atoms with Gasteiger partial charge in [0, 0.05) is 11.8 Å². The summed E-state index contributed by atoms with van der Waals surface area (Å²) in [6, 6.07) is 0. The van der Waals surface area contributed by atoms with Gasteiger partial charge >= 0.3 is 0 Å². The molecule has 0 saturated carbocycles. The molecule has 0 aromatic carbocycles. The molecule has 0 aliphatic carbocycles. The molecular weight excluding hydrogens is 232 g/mol. The fourth-order valence-corrected chi connectivity index (χ4v) is 1.90. The highest BCUT2D eigenvalue weighted by atomic mass is 32.2. The molecule has 0 fully saturated rings. The molecule has 0 spiro atoms. The standard InChI is InChI=1S/C12H24N4S/c1-10(2)8-16-12(14-9-15-16)7-13-6-5-11(3)17-4/h9-11,13H,5-8H2,1-4H3. The van der Waals surface area contributed by atoms with Gasteiger partial charge in [0.15, 0.2) is 0 Å². The molecule has 0 radical (unpaired) electrons. The average Bonchev–Trinajstić information content (AvgIpc) is 2.70. The Kier molecular flexibility index (Phi) is 6.58. The second-order valence-corrected chi connectivity index (χ2v) is 6.04. The van der Waals surface area contributed by atoms with E-state index in [2.05, 4.69) is 42.4 Å². The Bertz CT molecular complexity index is 311. The first kappa shape index (κ1) is 14.5. The second kappa shape index (κ2) is 7.71. The van der Waals surface area contributed by atoms with Gasteiger partial charge in [-0.15, -0.1) is 0 Å². The Hall–Kier alpha value is -0.550. The van der Waals surface area contributed by atoms with Crippen LogP contribution in [0.25, 0.3) is 0 Å².